The van der Waals surface area contributed by atoms with Gasteiger partial charge in [0.05, 0.1) is 22.2 Å². The van der Waals surface area contributed by atoms with Crippen molar-refractivity contribution in [2.75, 3.05) is 13.6 Å². The van der Waals surface area contributed by atoms with Crippen molar-refractivity contribution in [1.82, 2.24) is 9.88 Å². The summed E-state index contributed by atoms with van der Waals surface area (Å²) in [5, 5.41) is 0. The Morgan fingerprint density at radius 1 is 1.42 bits per heavy atom. The molecule has 2 aromatic rings. The Morgan fingerprint density at radius 3 is 2.92 bits per heavy atom. The summed E-state index contributed by atoms with van der Waals surface area (Å²) in [4.78, 5) is 10.9. The first-order chi connectivity index (χ1) is 11.5. The Labute approximate surface area is 151 Å². The standard InChI is InChI=1S/C19H20BrN3O/c1-5-15-8-7-9-16(10-15)12-24-19-17(20)11-18(14(3)22-19)21-13-23(4)6-2/h1,7-11,13H,6,12H2,2-4H3. The molecular formula is C19H20BrN3O. The number of ether oxygens (including phenoxy) is 1. The number of pyridine rings is 1. The third kappa shape index (κ3) is 4.84. The van der Waals surface area contributed by atoms with E-state index in [0.29, 0.717) is 12.5 Å². The van der Waals surface area contributed by atoms with Gasteiger partial charge in [0.2, 0.25) is 5.88 Å². The molecule has 124 valence electrons. The van der Waals surface area contributed by atoms with Crippen LogP contribution >= 0.6 is 15.9 Å². The van der Waals surface area contributed by atoms with E-state index >= 15 is 0 Å². The van der Waals surface area contributed by atoms with Crippen molar-refractivity contribution in [3.05, 3.63) is 51.6 Å². The fourth-order valence-corrected chi connectivity index (χ4v) is 2.35. The van der Waals surface area contributed by atoms with E-state index in [1.165, 1.54) is 0 Å². The monoisotopic (exact) mass is 385 g/mol. The molecule has 4 nitrogen and oxygen atoms in total. The number of aromatic nitrogens is 1. The lowest BCUT2D eigenvalue weighted by molar-refractivity contribution is 0.291. The highest BCUT2D eigenvalue weighted by Crippen LogP contribution is 2.30. The molecule has 0 amide bonds. The fourth-order valence-electron chi connectivity index (χ4n) is 1.93. The maximum absolute atomic E-state index is 5.82. The summed E-state index contributed by atoms with van der Waals surface area (Å²) < 4.78 is 6.59. The van der Waals surface area contributed by atoms with Crippen LogP contribution in [-0.4, -0.2) is 29.8 Å². The minimum atomic E-state index is 0.405. The number of hydrogen-bond acceptors (Lipinski definition) is 3. The largest absolute Gasteiger partial charge is 0.472 e. The molecule has 0 unspecified atom stereocenters. The van der Waals surface area contributed by atoms with Crippen LogP contribution in [0.1, 0.15) is 23.7 Å². The number of hydrogen-bond donors (Lipinski definition) is 0. The zero-order valence-corrected chi connectivity index (χ0v) is 15.7. The van der Waals surface area contributed by atoms with Crippen molar-refractivity contribution >= 4 is 28.0 Å². The Morgan fingerprint density at radius 2 is 2.21 bits per heavy atom. The maximum Gasteiger partial charge on any atom is 0.228 e. The Balaban J connectivity index is 2.13. The summed E-state index contributed by atoms with van der Waals surface area (Å²) >= 11 is 3.50. The van der Waals surface area contributed by atoms with E-state index in [9.17, 15) is 0 Å². The highest BCUT2D eigenvalue weighted by Gasteiger charge is 2.08. The molecule has 0 aliphatic heterocycles. The van der Waals surface area contributed by atoms with Crippen LogP contribution in [0.2, 0.25) is 0 Å². The van der Waals surface area contributed by atoms with Gasteiger partial charge in [-0.3, -0.25) is 0 Å². The molecule has 1 heterocycles. The summed E-state index contributed by atoms with van der Waals surface area (Å²) in [6, 6.07) is 9.63. The minimum absolute atomic E-state index is 0.405. The molecule has 1 aromatic heterocycles. The van der Waals surface area contributed by atoms with Crippen LogP contribution in [0.4, 0.5) is 5.69 Å². The number of halogens is 1. The first kappa shape index (κ1) is 18.0. The van der Waals surface area contributed by atoms with Crippen LogP contribution in [0.25, 0.3) is 0 Å². The summed E-state index contributed by atoms with van der Waals surface area (Å²) in [5.41, 5.74) is 3.46. The van der Waals surface area contributed by atoms with Crippen LogP contribution in [0, 0.1) is 19.3 Å². The third-order valence-corrected chi connectivity index (χ3v) is 4.04. The second kappa shape index (κ2) is 8.51. The molecule has 5 heteroatoms. The summed E-state index contributed by atoms with van der Waals surface area (Å²) in [6.45, 7) is 5.28. The summed E-state index contributed by atoms with van der Waals surface area (Å²) in [6.07, 6.45) is 7.21. The summed E-state index contributed by atoms with van der Waals surface area (Å²) in [5.74, 6) is 3.16. The number of terminal acetylenes is 1. The van der Waals surface area contributed by atoms with E-state index in [1.54, 1.807) is 6.34 Å². The Hall–Kier alpha value is -2.32. The van der Waals surface area contributed by atoms with E-state index in [2.05, 4.69) is 38.8 Å². The molecule has 0 saturated heterocycles. The lowest BCUT2D eigenvalue weighted by Crippen LogP contribution is -2.14. The zero-order valence-electron chi connectivity index (χ0n) is 14.1. The molecule has 0 radical (unpaired) electrons. The molecule has 0 bridgehead atoms. The van der Waals surface area contributed by atoms with Crippen molar-refractivity contribution < 1.29 is 4.74 Å². The van der Waals surface area contributed by atoms with Crippen LogP contribution < -0.4 is 4.74 Å². The molecule has 0 aliphatic rings. The van der Waals surface area contributed by atoms with Gasteiger partial charge >= 0.3 is 0 Å². The quantitative estimate of drug-likeness (QED) is 0.422. The van der Waals surface area contributed by atoms with Gasteiger partial charge in [-0.2, -0.15) is 0 Å². The molecule has 0 saturated carbocycles. The SMILES string of the molecule is C#Cc1cccc(COc2nc(C)c(N=CN(C)CC)cc2Br)c1. The van der Waals surface area contributed by atoms with Crippen molar-refractivity contribution in [3.63, 3.8) is 0 Å². The van der Waals surface area contributed by atoms with Crippen molar-refractivity contribution in [2.24, 2.45) is 4.99 Å². The average molecular weight is 386 g/mol. The Kier molecular flexibility index (Phi) is 6.39. The molecule has 2 rings (SSSR count). The predicted molar refractivity (Wildman–Crippen MR) is 102 cm³/mol. The van der Waals surface area contributed by atoms with E-state index in [1.807, 2.05) is 49.2 Å². The van der Waals surface area contributed by atoms with Crippen molar-refractivity contribution in [2.45, 2.75) is 20.5 Å². The smallest absolute Gasteiger partial charge is 0.228 e. The molecule has 24 heavy (non-hydrogen) atoms. The topological polar surface area (TPSA) is 37.7 Å². The van der Waals surface area contributed by atoms with Gasteiger partial charge in [-0.15, -0.1) is 6.42 Å². The molecule has 0 atom stereocenters. The van der Waals surface area contributed by atoms with Gasteiger partial charge in [0.15, 0.2) is 0 Å². The number of benzene rings is 1. The minimum Gasteiger partial charge on any atom is -0.472 e. The molecule has 0 N–H and O–H groups in total. The van der Waals surface area contributed by atoms with E-state index in [-0.39, 0.29) is 0 Å². The number of rotatable bonds is 6. The summed E-state index contributed by atoms with van der Waals surface area (Å²) in [7, 11) is 1.98. The fraction of sp³-hybridized carbons (Fsp3) is 0.263. The molecule has 0 aliphatic carbocycles. The van der Waals surface area contributed by atoms with Crippen LogP contribution in [0.15, 0.2) is 39.8 Å². The van der Waals surface area contributed by atoms with E-state index < -0.39 is 0 Å². The van der Waals surface area contributed by atoms with Crippen LogP contribution in [0.5, 0.6) is 5.88 Å². The molecular weight excluding hydrogens is 366 g/mol. The van der Waals surface area contributed by atoms with E-state index in [0.717, 1.165) is 33.5 Å². The number of aryl methyl sites for hydroxylation is 1. The zero-order chi connectivity index (χ0) is 17.5. The van der Waals surface area contributed by atoms with Gasteiger partial charge < -0.3 is 9.64 Å². The third-order valence-electron chi connectivity index (χ3n) is 3.47. The lowest BCUT2D eigenvalue weighted by Gasteiger charge is -2.11. The molecule has 0 spiro atoms. The lowest BCUT2D eigenvalue weighted by atomic mass is 10.1. The molecule has 1 aromatic carbocycles. The Bertz CT molecular complexity index is 781. The number of aliphatic imine (C=N–C) groups is 1. The van der Waals surface area contributed by atoms with Gasteiger partial charge in [0.1, 0.15) is 6.61 Å². The van der Waals surface area contributed by atoms with Gasteiger partial charge in [0, 0.05) is 19.2 Å². The highest BCUT2D eigenvalue weighted by molar-refractivity contribution is 9.10. The van der Waals surface area contributed by atoms with Gasteiger partial charge in [0.25, 0.3) is 0 Å². The second-order valence-corrected chi connectivity index (χ2v) is 6.19. The van der Waals surface area contributed by atoms with Gasteiger partial charge in [-0.25, -0.2) is 9.98 Å². The van der Waals surface area contributed by atoms with Crippen LogP contribution in [0.3, 0.4) is 0 Å². The predicted octanol–water partition coefficient (Wildman–Crippen LogP) is 4.32. The average Bonchev–Trinajstić information content (AvgIpc) is 2.60. The second-order valence-electron chi connectivity index (χ2n) is 5.33. The van der Waals surface area contributed by atoms with Crippen molar-refractivity contribution in [3.8, 4) is 18.2 Å². The molecule has 0 fully saturated rings. The number of nitrogens with zero attached hydrogens (tertiary/aromatic N) is 3. The first-order valence-electron chi connectivity index (χ1n) is 7.63. The van der Waals surface area contributed by atoms with Gasteiger partial charge in [-0.05, 0) is 53.5 Å². The normalized spacial score (nSPS) is 10.6. The van der Waals surface area contributed by atoms with E-state index in [4.69, 9.17) is 11.2 Å². The van der Waals surface area contributed by atoms with Gasteiger partial charge in [-0.1, -0.05) is 18.1 Å². The highest BCUT2D eigenvalue weighted by atomic mass is 79.9. The van der Waals surface area contributed by atoms with Crippen LogP contribution in [-0.2, 0) is 6.61 Å². The maximum atomic E-state index is 5.82. The van der Waals surface area contributed by atoms with Crippen molar-refractivity contribution in [1.29, 1.82) is 0 Å². The first-order valence-corrected chi connectivity index (χ1v) is 8.42.